The summed E-state index contributed by atoms with van der Waals surface area (Å²) in [5.41, 5.74) is 3.74. The Kier molecular flexibility index (Phi) is 4.21. The molecule has 8 heteroatoms. The molecule has 8 nitrogen and oxygen atoms in total. The number of hydrogen-bond acceptors (Lipinski definition) is 7. The average Bonchev–Trinajstić information content (AvgIpc) is 3.46. The van der Waals surface area contributed by atoms with Crippen molar-refractivity contribution in [2.45, 2.75) is 31.3 Å². The van der Waals surface area contributed by atoms with Crippen LogP contribution in [0.1, 0.15) is 30.7 Å². The second-order valence-electron chi connectivity index (χ2n) is 7.42. The molecule has 2 atom stereocenters. The summed E-state index contributed by atoms with van der Waals surface area (Å²) in [6.07, 6.45) is 8.66. The molecule has 1 aliphatic carbocycles. The molecule has 0 spiro atoms. The van der Waals surface area contributed by atoms with Crippen molar-refractivity contribution in [2.75, 3.05) is 25.0 Å². The maximum Gasteiger partial charge on any atom is 0.223 e. The summed E-state index contributed by atoms with van der Waals surface area (Å²) < 4.78 is 1.83. The highest BCUT2D eigenvalue weighted by Crippen LogP contribution is 2.41. The van der Waals surface area contributed by atoms with Gasteiger partial charge in [0.15, 0.2) is 5.65 Å². The van der Waals surface area contributed by atoms with E-state index in [9.17, 15) is 5.11 Å². The number of hydrogen-bond donors (Lipinski definition) is 3. The van der Waals surface area contributed by atoms with Crippen molar-refractivity contribution >= 4 is 11.6 Å². The third-order valence-corrected chi connectivity index (χ3v) is 5.44. The molecule has 1 aliphatic heterocycles. The minimum absolute atomic E-state index is 0.209. The molecule has 1 saturated carbocycles. The van der Waals surface area contributed by atoms with Crippen molar-refractivity contribution in [3.8, 4) is 11.4 Å². The van der Waals surface area contributed by atoms with Crippen molar-refractivity contribution in [1.29, 1.82) is 0 Å². The Hall–Kier alpha value is -2.58. The van der Waals surface area contributed by atoms with Crippen LogP contribution in [0, 0.1) is 5.92 Å². The first-order valence-electron chi connectivity index (χ1n) is 9.58. The summed E-state index contributed by atoms with van der Waals surface area (Å²) in [6.45, 7) is 2.24. The average molecular weight is 365 g/mol. The van der Waals surface area contributed by atoms with Crippen LogP contribution in [0.3, 0.4) is 0 Å². The van der Waals surface area contributed by atoms with Gasteiger partial charge in [-0.15, -0.1) is 0 Å². The first kappa shape index (κ1) is 16.6. The number of rotatable bonds is 5. The number of nitrogens with one attached hydrogen (secondary N) is 2. The predicted octanol–water partition coefficient (Wildman–Crippen LogP) is 1.45. The number of nitrogens with zero attached hydrogens (tertiary/aromatic N) is 5. The maximum absolute atomic E-state index is 10.1. The molecule has 3 aromatic heterocycles. The van der Waals surface area contributed by atoms with Gasteiger partial charge in [-0.1, -0.05) is 0 Å². The molecule has 5 rings (SSSR count). The van der Waals surface area contributed by atoms with Gasteiger partial charge in [0.05, 0.1) is 23.7 Å². The number of aliphatic hydroxyl groups is 1. The van der Waals surface area contributed by atoms with Gasteiger partial charge in [0, 0.05) is 37.0 Å². The predicted molar refractivity (Wildman–Crippen MR) is 101 cm³/mol. The molecule has 3 aromatic rings. The molecule has 1 saturated heterocycles. The lowest BCUT2D eigenvalue weighted by atomic mass is 9.95. The second kappa shape index (κ2) is 6.86. The molecule has 2 fully saturated rings. The van der Waals surface area contributed by atoms with E-state index < -0.39 is 0 Å². The van der Waals surface area contributed by atoms with E-state index in [-0.39, 0.29) is 12.0 Å². The fourth-order valence-corrected chi connectivity index (χ4v) is 3.65. The minimum atomic E-state index is -0.332. The van der Waals surface area contributed by atoms with Crippen LogP contribution in [0.4, 0.5) is 5.95 Å². The summed E-state index contributed by atoms with van der Waals surface area (Å²) in [4.78, 5) is 13.7. The second-order valence-corrected chi connectivity index (χ2v) is 7.42. The number of anilines is 1. The van der Waals surface area contributed by atoms with E-state index in [1.165, 1.54) is 18.4 Å². The molecular weight excluding hydrogens is 342 g/mol. The van der Waals surface area contributed by atoms with Gasteiger partial charge in [-0.2, -0.15) is 5.10 Å². The Balaban J connectivity index is 1.37. The number of aromatic nitrogens is 5. The first-order chi connectivity index (χ1) is 13.3. The summed E-state index contributed by atoms with van der Waals surface area (Å²) in [6, 6.07) is 3.80. The zero-order chi connectivity index (χ0) is 18.2. The fourth-order valence-electron chi connectivity index (χ4n) is 3.65. The Labute approximate surface area is 157 Å². The van der Waals surface area contributed by atoms with Crippen LogP contribution in [0.2, 0.25) is 0 Å². The summed E-state index contributed by atoms with van der Waals surface area (Å²) in [5, 5.41) is 20.9. The molecule has 0 unspecified atom stereocenters. The van der Waals surface area contributed by atoms with E-state index in [4.69, 9.17) is 4.98 Å². The molecule has 0 aromatic carbocycles. The normalized spacial score (nSPS) is 22.9. The number of β-amino-alcohol motifs (C(OH)–C–C–N with tert-alkyl or cyclic N) is 1. The zero-order valence-corrected chi connectivity index (χ0v) is 15.0. The van der Waals surface area contributed by atoms with Gasteiger partial charge < -0.3 is 15.7 Å². The van der Waals surface area contributed by atoms with Crippen molar-refractivity contribution in [3.05, 3.63) is 36.3 Å². The number of aliphatic hydroxyl groups excluding tert-OH is 1. The molecule has 27 heavy (non-hydrogen) atoms. The van der Waals surface area contributed by atoms with E-state index in [0.717, 1.165) is 30.0 Å². The van der Waals surface area contributed by atoms with E-state index in [1.54, 1.807) is 6.20 Å². The highest BCUT2D eigenvalue weighted by atomic mass is 16.3. The Morgan fingerprint density at radius 1 is 1.19 bits per heavy atom. The smallest absolute Gasteiger partial charge is 0.223 e. The molecule has 140 valence electrons. The molecule has 0 amide bonds. The van der Waals surface area contributed by atoms with Crippen LogP contribution in [0.25, 0.3) is 17.0 Å². The molecule has 3 N–H and O–H groups in total. The summed E-state index contributed by atoms with van der Waals surface area (Å²) in [7, 11) is 0. The van der Waals surface area contributed by atoms with Crippen LogP contribution < -0.4 is 10.6 Å². The van der Waals surface area contributed by atoms with Gasteiger partial charge in [0.2, 0.25) is 5.95 Å². The maximum atomic E-state index is 10.1. The first-order valence-corrected chi connectivity index (χ1v) is 9.58. The topological polar surface area (TPSA) is 100 Å². The van der Waals surface area contributed by atoms with Crippen LogP contribution in [-0.4, -0.2) is 55.4 Å². The summed E-state index contributed by atoms with van der Waals surface area (Å²) >= 11 is 0. The van der Waals surface area contributed by atoms with Crippen LogP contribution >= 0.6 is 0 Å². The third-order valence-electron chi connectivity index (χ3n) is 5.44. The molecule has 0 bridgehead atoms. The van der Waals surface area contributed by atoms with Crippen LogP contribution in [0.15, 0.2) is 30.7 Å². The molecule has 0 radical (unpaired) electrons. The Bertz CT molecular complexity index is 952. The zero-order valence-electron chi connectivity index (χ0n) is 15.0. The van der Waals surface area contributed by atoms with Gasteiger partial charge in [-0.25, -0.2) is 19.5 Å². The van der Waals surface area contributed by atoms with Gasteiger partial charge in [-0.3, -0.25) is 0 Å². The molecular formula is C19H23N7O. The lowest BCUT2D eigenvalue weighted by molar-refractivity contribution is 0.0883. The number of fused-ring (bicyclic) bond motifs is 1. The summed E-state index contributed by atoms with van der Waals surface area (Å²) in [5.74, 6) is 1.38. The van der Waals surface area contributed by atoms with Crippen molar-refractivity contribution in [2.24, 2.45) is 5.92 Å². The van der Waals surface area contributed by atoms with Crippen LogP contribution in [0.5, 0.6) is 0 Å². The number of piperidine rings is 1. The van der Waals surface area contributed by atoms with E-state index in [2.05, 4.69) is 25.7 Å². The van der Waals surface area contributed by atoms with Gasteiger partial charge >= 0.3 is 0 Å². The van der Waals surface area contributed by atoms with Crippen molar-refractivity contribution in [3.63, 3.8) is 0 Å². The fraction of sp³-hybridized carbons (Fsp3) is 0.474. The van der Waals surface area contributed by atoms with Gasteiger partial charge in [0.1, 0.15) is 0 Å². The van der Waals surface area contributed by atoms with E-state index >= 15 is 0 Å². The highest BCUT2D eigenvalue weighted by Gasteiger charge is 2.27. The van der Waals surface area contributed by atoms with Gasteiger partial charge in [-0.05, 0) is 43.9 Å². The van der Waals surface area contributed by atoms with Crippen molar-refractivity contribution in [1.82, 2.24) is 29.9 Å². The monoisotopic (exact) mass is 365 g/mol. The lowest BCUT2D eigenvalue weighted by Gasteiger charge is -2.28. The van der Waals surface area contributed by atoms with Crippen molar-refractivity contribution < 1.29 is 5.11 Å². The minimum Gasteiger partial charge on any atom is -0.391 e. The van der Waals surface area contributed by atoms with E-state index in [1.807, 2.05) is 29.0 Å². The SMILES string of the molecule is O[C@@H]1CNCC[C@H]1CNc1nccc(-c2ccn3ncc(C4CC4)c3n2)n1. The largest absolute Gasteiger partial charge is 0.391 e. The Morgan fingerprint density at radius 2 is 2.07 bits per heavy atom. The quantitative estimate of drug-likeness (QED) is 0.629. The van der Waals surface area contributed by atoms with Crippen LogP contribution in [-0.2, 0) is 0 Å². The molecule has 4 heterocycles. The lowest BCUT2D eigenvalue weighted by Crippen LogP contribution is -2.43. The highest BCUT2D eigenvalue weighted by molar-refractivity contribution is 5.61. The van der Waals surface area contributed by atoms with Gasteiger partial charge in [0.25, 0.3) is 0 Å². The third kappa shape index (κ3) is 3.38. The standard InChI is InChI=1S/C19H23N7O/c27-17-11-20-6-3-13(17)9-22-19-21-7-4-15(25-19)16-5-8-26-18(24-16)14(10-23-26)12-1-2-12/h4-5,7-8,10,12-13,17,20,27H,1-3,6,9,11H2,(H,21,22,25)/t13-,17+/m0/s1. The van der Waals surface area contributed by atoms with E-state index in [0.29, 0.717) is 25.0 Å². The molecule has 2 aliphatic rings. The Morgan fingerprint density at radius 3 is 2.93 bits per heavy atom.